The number of benzene rings is 1. The Bertz CT molecular complexity index is 356. The quantitative estimate of drug-likeness (QED) is 0.826. The maximum atomic E-state index is 10.3. The summed E-state index contributed by atoms with van der Waals surface area (Å²) in [6.07, 6.45) is 2.67. The second kappa shape index (κ2) is 3.74. The van der Waals surface area contributed by atoms with E-state index in [0.717, 1.165) is 36.3 Å². The number of hydrogen-bond acceptors (Lipinski definition) is 3. The van der Waals surface area contributed by atoms with Gasteiger partial charge in [-0.3, -0.25) is 0 Å². The molecule has 1 aliphatic carbocycles. The predicted octanol–water partition coefficient (Wildman–Crippen LogP) is 2.08. The van der Waals surface area contributed by atoms with E-state index in [2.05, 4.69) is 0 Å². The Balaban J connectivity index is 2.41. The lowest BCUT2D eigenvalue weighted by Crippen LogP contribution is -2.34. The molecular formula is C12H16O3. The molecule has 0 heterocycles. The molecule has 1 saturated carbocycles. The third-order valence-electron chi connectivity index (χ3n) is 3.09. The van der Waals surface area contributed by atoms with E-state index in [0.29, 0.717) is 0 Å². The van der Waals surface area contributed by atoms with Gasteiger partial charge in [0.2, 0.25) is 0 Å². The highest BCUT2D eigenvalue weighted by atomic mass is 16.5. The van der Waals surface area contributed by atoms with Crippen molar-refractivity contribution in [1.29, 1.82) is 0 Å². The van der Waals surface area contributed by atoms with E-state index in [-0.39, 0.29) is 0 Å². The minimum atomic E-state index is -0.708. The first-order chi connectivity index (χ1) is 7.19. The van der Waals surface area contributed by atoms with Crippen LogP contribution in [0, 0.1) is 0 Å². The lowest BCUT2D eigenvalue weighted by atomic mass is 9.75. The van der Waals surface area contributed by atoms with Gasteiger partial charge in [-0.1, -0.05) is 0 Å². The summed E-state index contributed by atoms with van der Waals surface area (Å²) in [5, 5.41) is 10.3. The maximum absolute atomic E-state index is 10.3. The Kier molecular flexibility index (Phi) is 2.57. The van der Waals surface area contributed by atoms with Crippen LogP contribution in [0.2, 0.25) is 0 Å². The minimum Gasteiger partial charge on any atom is -0.497 e. The van der Waals surface area contributed by atoms with Gasteiger partial charge in [0.05, 0.1) is 19.8 Å². The predicted molar refractivity (Wildman–Crippen MR) is 57.3 cm³/mol. The van der Waals surface area contributed by atoms with Gasteiger partial charge in [0.25, 0.3) is 0 Å². The SMILES string of the molecule is COc1ccc(OC)c(C2(O)CCC2)c1. The molecule has 0 amide bonds. The summed E-state index contributed by atoms with van der Waals surface area (Å²) >= 11 is 0. The molecule has 82 valence electrons. The molecular weight excluding hydrogens is 192 g/mol. The molecule has 0 atom stereocenters. The van der Waals surface area contributed by atoms with Crippen LogP contribution in [0.5, 0.6) is 11.5 Å². The third kappa shape index (κ3) is 1.67. The van der Waals surface area contributed by atoms with Crippen molar-refractivity contribution in [3.8, 4) is 11.5 Å². The van der Waals surface area contributed by atoms with Gasteiger partial charge in [0.1, 0.15) is 11.5 Å². The number of methoxy groups -OCH3 is 2. The highest BCUT2D eigenvalue weighted by Crippen LogP contribution is 2.45. The van der Waals surface area contributed by atoms with Crippen LogP contribution in [-0.2, 0) is 5.60 Å². The monoisotopic (exact) mass is 208 g/mol. The topological polar surface area (TPSA) is 38.7 Å². The van der Waals surface area contributed by atoms with Crippen LogP contribution >= 0.6 is 0 Å². The molecule has 1 aliphatic rings. The molecule has 0 bridgehead atoms. The first-order valence-corrected chi connectivity index (χ1v) is 5.14. The summed E-state index contributed by atoms with van der Waals surface area (Å²) in [7, 11) is 3.24. The Morgan fingerprint density at radius 3 is 2.40 bits per heavy atom. The Labute approximate surface area is 89.6 Å². The van der Waals surface area contributed by atoms with Crippen LogP contribution < -0.4 is 9.47 Å². The average Bonchev–Trinajstić information content (AvgIpc) is 2.25. The second-order valence-electron chi connectivity index (χ2n) is 3.95. The highest BCUT2D eigenvalue weighted by molar-refractivity contribution is 5.44. The molecule has 0 aromatic heterocycles. The van der Waals surface area contributed by atoms with E-state index in [1.54, 1.807) is 14.2 Å². The molecule has 3 heteroatoms. The normalized spacial score (nSPS) is 18.1. The van der Waals surface area contributed by atoms with E-state index >= 15 is 0 Å². The molecule has 1 N–H and O–H groups in total. The average molecular weight is 208 g/mol. The van der Waals surface area contributed by atoms with Crippen LogP contribution in [0.15, 0.2) is 18.2 Å². The van der Waals surface area contributed by atoms with Crippen LogP contribution in [0.1, 0.15) is 24.8 Å². The standard InChI is InChI=1S/C12H16O3/c1-14-9-4-5-11(15-2)10(8-9)12(13)6-3-7-12/h4-5,8,13H,3,6-7H2,1-2H3. The highest BCUT2D eigenvalue weighted by Gasteiger charge is 2.38. The van der Waals surface area contributed by atoms with Crippen LogP contribution in [0.4, 0.5) is 0 Å². The zero-order valence-corrected chi connectivity index (χ0v) is 9.12. The van der Waals surface area contributed by atoms with Crippen molar-refractivity contribution in [1.82, 2.24) is 0 Å². The van der Waals surface area contributed by atoms with Gasteiger partial charge in [-0.15, -0.1) is 0 Å². The number of rotatable bonds is 3. The summed E-state index contributed by atoms with van der Waals surface area (Å²) < 4.78 is 10.4. The fourth-order valence-electron chi connectivity index (χ4n) is 1.96. The molecule has 2 rings (SSSR count). The molecule has 1 fully saturated rings. The van der Waals surface area contributed by atoms with Gasteiger partial charge in [-0.25, -0.2) is 0 Å². The lowest BCUT2D eigenvalue weighted by molar-refractivity contribution is -0.0406. The number of aliphatic hydroxyl groups is 1. The van der Waals surface area contributed by atoms with E-state index in [4.69, 9.17) is 9.47 Å². The van der Waals surface area contributed by atoms with E-state index in [1.165, 1.54) is 0 Å². The molecule has 1 aromatic rings. The van der Waals surface area contributed by atoms with E-state index in [9.17, 15) is 5.11 Å². The molecule has 0 aliphatic heterocycles. The van der Waals surface area contributed by atoms with E-state index < -0.39 is 5.60 Å². The number of hydrogen-bond donors (Lipinski definition) is 1. The second-order valence-corrected chi connectivity index (χ2v) is 3.95. The van der Waals surface area contributed by atoms with Crippen molar-refractivity contribution in [3.05, 3.63) is 23.8 Å². The van der Waals surface area contributed by atoms with Crippen molar-refractivity contribution in [2.45, 2.75) is 24.9 Å². The van der Waals surface area contributed by atoms with Gasteiger partial charge >= 0.3 is 0 Å². The fourth-order valence-corrected chi connectivity index (χ4v) is 1.96. The van der Waals surface area contributed by atoms with Crippen molar-refractivity contribution in [2.24, 2.45) is 0 Å². The van der Waals surface area contributed by atoms with Crippen LogP contribution in [0.3, 0.4) is 0 Å². The zero-order chi connectivity index (χ0) is 10.9. The van der Waals surface area contributed by atoms with Crippen LogP contribution in [0.25, 0.3) is 0 Å². The summed E-state index contributed by atoms with van der Waals surface area (Å²) in [6, 6.07) is 5.53. The molecule has 1 aromatic carbocycles. The molecule has 0 radical (unpaired) electrons. The van der Waals surface area contributed by atoms with Gasteiger partial charge in [-0.2, -0.15) is 0 Å². The van der Waals surface area contributed by atoms with Crippen molar-refractivity contribution >= 4 is 0 Å². The van der Waals surface area contributed by atoms with Crippen molar-refractivity contribution in [2.75, 3.05) is 14.2 Å². The van der Waals surface area contributed by atoms with Gasteiger partial charge in [-0.05, 0) is 37.5 Å². The summed E-state index contributed by atoms with van der Waals surface area (Å²) in [5.74, 6) is 1.49. The van der Waals surface area contributed by atoms with E-state index in [1.807, 2.05) is 18.2 Å². The minimum absolute atomic E-state index is 0.708. The molecule has 0 spiro atoms. The van der Waals surface area contributed by atoms with Gasteiger partial charge in [0, 0.05) is 5.56 Å². The third-order valence-corrected chi connectivity index (χ3v) is 3.09. The zero-order valence-electron chi connectivity index (χ0n) is 9.12. The Morgan fingerprint density at radius 1 is 1.20 bits per heavy atom. The first kappa shape index (κ1) is 10.3. The number of ether oxygens (including phenoxy) is 2. The molecule has 0 unspecified atom stereocenters. The smallest absolute Gasteiger partial charge is 0.125 e. The summed E-state index contributed by atoms with van der Waals surface area (Å²) in [6.45, 7) is 0. The Morgan fingerprint density at radius 2 is 1.93 bits per heavy atom. The van der Waals surface area contributed by atoms with Gasteiger partial charge < -0.3 is 14.6 Å². The van der Waals surface area contributed by atoms with Gasteiger partial charge in [0.15, 0.2) is 0 Å². The fraction of sp³-hybridized carbons (Fsp3) is 0.500. The van der Waals surface area contributed by atoms with Crippen molar-refractivity contribution < 1.29 is 14.6 Å². The molecule has 3 nitrogen and oxygen atoms in total. The molecule has 0 saturated heterocycles. The Hall–Kier alpha value is -1.22. The van der Waals surface area contributed by atoms with Crippen LogP contribution in [-0.4, -0.2) is 19.3 Å². The summed E-state index contributed by atoms with van der Waals surface area (Å²) in [4.78, 5) is 0. The lowest BCUT2D eigenvalue weighted by Gasteiger charge is -2.37. The first-order valence-electron chi connectivity index (χ1n) is 5.14. The molecule has 15 heavy (non-hydrogen) atoms. The maximum Gasteiger partial charge on any atom is 0.125 e. The van der Waals surface area contributed by atoms with Crippen molar-refractivity contribution in [3.63, 3.8) is 0 Å². The summed E-state index contributed by atoms with van der Waals surface area (Å²) in [5.41, 5.74) is 0.135. The largest absolute Gasteiger partial charge is 0.497 e.